The predicted molar refractivity (Wildman–Crippen MR) is 96.9 cm³/mol. The molecule has 138 valence electrons. The van der Waals surface area contributed by atoms with Gasteiger partial charge in [-0.2, -0.15) is 0 Å². The fourth-order valence-electron chi connectivity index (χ4n) is 2.23. The third-order valence-corrected chi connectivity index (χ3v) is 4.35. The molecule has 2 aromatic carbocycles. The molecule has 3 rings (SSSR count). The lowest BCUT2D eigenvalue weighted by molar-refractivity contribution is -0.384. The van der Waals surface area contributed by atoms with Gasteiger partial charge in [-0.3, -0.25) is 14.9 Å². The number of anilines is 1. The Morgan fingerprint density at radius 2 is 2.07 bits per heavy atom. The first-order chi connectivity index (χ1) is 12.9. The molecule has 1 aromatic heterocycles. The van der Waals surface area contributed by atoms with Gasteiger partial charge in [-0.25, -0.2) is 4.39 Å². The Kier molecular flexibility index (Phi) is 5.46. The van der Waals surface area contributed by atoms with E-state index in [4.69, 9.17) is 4.42 Å². The quantitative estimate of drug-likeness (QED) is 0.388. The Labute approximate surface area is 156 Å². The van der Waals surface area contributed by atoms with Crippen molar-refractivity contribution in [2.45, 2.75) is 12.1 Å². The number of nitro benzene ring substituents is 1. The van der Waals surface area contributed by atoms with Gasteiger partial charge < -0.3 is 9.73 Å². The van der Waals surface area contributed by atoms with Crippen molar-refractivity contribution < 1.29 is 18.5 Å². The van der Waals surface area contributed by atoms with Gasteiger partial charge in [0, 0.05) is 17.8 Å². The van der Waals surface area contributed by atoms with E-state index in [1.807, 2.05) is 0 Å². The van der Waals surface area contributed by atoms with Crippen molar-refractivity contribution in [2.24, 2.45) is 0 Å². The third-order valence-electron chi connectivity index (χ3n) is 3.53. The molecule has 0 bridgehead atoms. The first kappa shape index (κ1) is 18.5. The number of rotatable bonds is 6. The summed E-state index contributed by atoms with van der Waals surface area (Å²) in [6.07, 6.45) is 0. The number of aryl methyl sites for hydroxylation is 1. The van der Waals surface area contributed by atoms with E-state index in [1.165, 1.54) is 30.3 Å². The van der Waals surface area contributed by atoms with Crippen LogP contribution in [0.2, 0.25) is 0 Å². The van der Waals surface area contributed by atoms with E-state index in [9.17, 15) is 19.3 Å². The van der Waals surface area contributed by atoms with E-state index in [1.54, 1.807) is 19.1 Å². The summed E-state index contributed by atoms with van der Waals surface area (Å²) in [5.41, 5.74) is 1.18. The summed E-state index contributed by atoms with van der Waals surface area (Å²) in [4.78, 5) is 22.3. The minimum Gasteiger partial charge on any atom is -0.411 e. The molecule has 1 heterocycles. The number of aromatic nitrogens is 2. The number of non-ortho nitro benzene ring substituents is 1. The molecule has 0 saturated heterocycles. The maximum absolute atomic E-state index is 13.7. The Morgan fingerprint density at radius 3 is 2.78 bits per heavy atom. The molecule has 1 amide bonds. The lowest BCUT2D eigenvalue weighted by Gasteiger charge is -2.07. The van der Waals surface area contributed by atoms with Crippen LogP contribution in [0.3, 0.4) is 0 Å². The summed E-state index contributed by atoms with van der Waals surface area (Å²) < 4.78 is 19.1. The van der Waals surface area contributed by atoms with Crippen molar-refractivity contribution in [3.05, 3.63) is 64.0 Å². The summed E-state index contributed by atoms with van der Waals surface area (Å²) in [7, 11) is 0. The van der Waals surface area contributed by atoms with Crippen LogP contribution in [0.15, 0.2) is 52.1 Å². The minimum absolute atomic E-state index is 0.0185. The summed E-state index contributed by atoms with van der Waals surface area (Å²) in [5, 5.41) is 21.1. The number of hydrogen-bond donors (Lipinski definition) is 1. The van der Waals surface area contributed by atoms with Gasteiger partial charge in [0.15, 0.2) is 0 Å². The number of carbonyl (C=O) groups excluding carboxylic acids is 1. The second-order valence-electron chi connectivity index (χ2n) is 5.45. The second kappa shape index (κ2) is 7.96. The molecule has 0 fully saturated rings. The highest BCUT2D eigenvalue weighted by atomic mass is 32.2. The average molecular weight is 388 g/mol. The molecular weight excluding hydrogens is 375 g/mol. The normalized spacial score (nSPS) is 10.6. The van der Waals surface area contributed by atoms with Crippen molar-refractivity contribution in [3.63, 3.8) is 0 Å². The van der Waals surface area contributed by atoms with Crippen LogP contribution in [-0.4, -0.2) is 26.8 Å². The lowest BCUT2D eigenvalue weighted by atomic mass is 10.2. The van der Waals surface area contributed by atoms with Crippen LogP contribution in [0.1, 0.15) is 5.56 Å². The number of amides is 1. The number of nitrogens with zero attached hydrogens (tertiary/aromatic N) is 3. The molecule has 27 heavy (non-hydrogen) atoms. The topological polar surface area (TPSA) is 111 Å². The number of thioether (sulfide) groups is 1. The number of hydrogen-bond acceptors (Lipinski definition) is 7. The largest absolute Gasteiger partial charge is 0.411 e. The maximum atomic E-state index is 13.7. The molecule has 3 aromatic rings. The number of carbonyl (C=O) groups is 1. The molecule has 0 spiro atoms. The van der Waals surface area contributed by atoms with Crippen molar-refractivity contribution in [2.75, 3.05) is 11.1 Å². The van der Waals surface area contributed by atoms with Crippen LogP contribution in [0, 0.1) is 22.9 Å². The molecule has 10 heteroatoms. The minimum atomic E-state index is -0.503. The Morgan fingerprint density at radius 1 is 1.30 bits per heavy atom. The van der Waals surface area contributed by atoms with Crippen molar-refractivity contribution in [3.8, 4) is 11.5 Å². The zero-order chi connectivity index (χ0) is 19.4. The highest BCUT2D eigenvalue weighted by Gasteiger charge is 2.15. The highest BCUT2D eigenvalue weighted by molar-refractivity contribution is 7.99. The van der Waals surface area contributed by atoms with Gasteiger partial charge in [0.25, 0.3) is 16.8 Å². The molecule has 0 saturated carbocycles. The molecular formula is C17H13FN4O4S. The zero-order valence-electron chi connectivity index (χ0n) is 14.0. The van der Waals surface area contributed by atoms with Gasteiger partial charge in [0.1, 0.15) is 5.82 Å². The van der Waals surface area contributed by atoms with Crippen LogP contribution in [0.4, 0.5) is 15.8 Å². The van der Waals surface area contributed by atoms with Gasteiger partial charge in [-0.1, -0.05) is 23.9 Å². The monoisotopic (exact) mass is 388 g/mol. The molecule has 0 aliphatic heterocycles. The van der Waals surface area contributed by atoms with Gasteiger partial charge in [0.2, 0.25) is 5.91 Å². The molecule has 0 radical (unpaired) electrons. The van der Waals surface area contributed by atoms with Gasteiger partial charge in [0.05, 0.1) is 16.2 Å². The van der Waals surface area contributed by atoms with E-state index in [0.29, 0.717) is 11.3 Å². The predicted octanol–water partition coefficient (Wildman–Crippen LogP) is 3.82. The number of nitrogens with one attached hydrogen (secondary N) is 1. The molecule has 0 atom stereocenters. The van der Waals surface area contributed by atoms with Gasteiger partial charge >= 0.3 is 0 Å². The second-order valence-corrected chi connectivity index (χ2v) is 6.37. The van der Waals surface area contributed by atoms with Crippen molar-refractivity contribution in [1.29, 1.82) is 0 Å². The number of nitro groups is 1. The summed E-state index contributed by atoms with van der Waals surface area (Å²) in [5.74, 6) is -0.816. The fraction of sp³-hybridized carbons (Fsp3) is 0.118. The Hall–Kier alpha value is -3.27. The molecule has 0 unspecified atom stereocenters. The summed E-state index contributed by atoms with van der Waals surface area (Å²) in [6, 6.07) is 10.2. The first-order valence-corrected chi connectivity index (χ1v) is 8.68. The maximum Gasteiger partial charge on any atom is 0.277 e. The lowest BCUT2D eigenvalue weighted by Crippen LogP contribution is -2.14. The smallest absolute Gasteiger partial charge is 0.277 e. The molecule has 1 N–H and O–H groups in total. The van der Waals surface area contributed by atoms with Crippen LogP contribution in [-0.2, 0) is 4.79 Å². The van der Waals surface area contributed by atoms with E-state index in [2.05, 4.69) is 15.5 Å². The summed E-state index contributed by atoms with van der Waals surface area (Å²) >= 11 is 1.00. The van der Waals surface area contributed by atoms with Gasteiger partial charge in [-0.05, 0) is 30.7 Å². The number of halogens is 1. The van der Waals surface area contributed by atoms with Crippen LogP contribution in [0.25, 0.3) is 11.5 Å². The van der Waals surface area contributed by atoms with E-state index < -0.39 is 10.7 Å². The number of benzene rings is 2. The molecule has 0 aliphatic rings. The van der Waals surface area contributed by atoms with Crippen LogP contribution in [0.5, 0.6) is 0 Å². The van der Waals surface area contributed by atoms with Crippen molar-refractivity contribution in [1.82, 2.24) is 10.2 Å². The Bertz CT molecular complexity index is 1010. The van der Waals surface area contributed by atoms with Crippen molar-refractivity contribution >= 4 is 29.0 Å². The SMILES string of the molecule is Cc1cc([N+](=O)[O-])ccc1NC(=O)CSc1nnc(-c2ccccc2F)o1. The van der Waals surface area contributed by atoms with Gasteiger partial charge in [-0.15, -0.1) is 10.2 Å². The highest BCUT2D eigenvalue weighted by Crippen LogP contribution is 2.26. The zero-order valence-corrected chi connectivity index (χ0v) is 14.8. The van der Waals surface area contributed by atoms with Crippen LogP contribution >= 0.6 is 11.8 Å². The fourth-order valence-corrected chi connectivity index (χ4v) is 2.79. The van der Waals surface area contributed by atoms with E-state index in [0.717, 1.165) is 11.8 Å². The third kappa shape index (κ3) is 4.47. The Balaban J connectivity index is 1.60. The standard InChI is InChI=1S/C17H13FN4O4S/c1-10-8-11(22(24)25)6-7-14(10)19-15(23)9-27-17-21-20-16(26-17)12-4-2-3-5-13(12)18/h2-8H,9H2,1H3,(H,19,23). The van der Waals surface area contributed by atoms with E-state index >= 15 is 0 Å². The molecule has 0 aliphatic carbocycles. The average Bonchev–Trinajstić information content (AvgIpc) is 3.10. The van der Waals surface area contributed by atoms with E-state index in [-0.39, 0.29) is 34.0 Å². The summed E-state index contributed by atoms with van der Waals surface area (Å²) in [6.45, 7) is 1.66. The molecule has 8 nitrogen and oxygen atoms in total. The first-order valence-electron chi connectivity index (χ1n) is 7.70. The van der Waals surface area contributed by atoms with Crippen LogP contribution < -0.4 is 5.32 Å².